The van der Waals surface area contributed by atoms with Gasteiger partial charge in [-0.3, -0.25) is 0 Å². The van der Waals surface area contributed by atoms with Crippen LogP contribution >= 0.6 is 34.8 Å². The summed E-state index contributed by atoms with van der Waals surface area (Å²) in [6.45, 7) is 1.91. The van der Waals surface area contributed by atoms with E-state index in [0.29, 0.717) is 43.3 Å². The molecule has 2 aromatic carbocycles. The Morgan fingerprint density at radius 3 is 2.35 bits per heavy atom. The molecule has 0 aliphatic heterocycles. The van der Waals surface area contributed by atoms with Crippen molar-refractivity contribution in [1.82, 2.24) is 4.98 Å². The van der Waals surface area contributed by atoms with Gasteiger partial charge < -0.3 is 10.2 Å². The zero-order valence-electron chi connectivity index (χ0n) is 10.4. The maximum Gasteiger partial charge on any atom is 0.227 e. The second-order valence-electron chi connectivity index (χ2n) is 4.44. The first kappa shape index (κ1) is 13.6. The zero-order chi connectivity index (χ0) is 14.4. The highest BCUT2D eigenvalue weighted by Gasteiger charge is 2.14. The van der Waals surface area contributed by atoms with Crippen LogP contribution in [-0.2, 0) is 0 Å². The molecular weight excluding hydrogens is 319 g/mol. The summed E-state index contributed by atoms with van der Waals surface area (Å²) in [6, 6.07) is 6.91. The predicted molar refractivity (Wildman–Crippen MR) is 83.6 cm³/mol. The molecule has 1 heterocycles. The van der Waals surface area contributed by atoms with E-state index in [0.717, 1.165) is 5.56 Å². The third kappa shape index (κ3) is 2.22. The van der Waals surface area contributed by atoms with Gasteiger partial charge in [-0.1, -0.05) is 34.8 Å². The van der Waals surface area contributed by atoms with E-state index >= 15 is 0 Å². The van der Waals surface area contributed by atoms with Gasteiger partial charge in [0.25, 0.3) is 0 Å². The lowest BCUT2D eigenvalue weighted by molar-refractivity contribution is 0.617. The third-order valence-electron chi connectivity index (χ3n) is 2.97. The summed E-state index contributed by atoms with van der Waals surface area (Å²) in [6.07, 6.45) is 0. The lowest BCUT2D eigenvalue weighted by atomic mass is 10.2. The molecule has 0 saturated heterocycles. The Hall–Kier alpha value is -1.42. The first-order valence-corrected chi connectivity index (χ1v) is 6.90. The molecule has 0 unspecified atom stereocenters. The topological polar surface area (TPSA) is 52.0 Å². The Morgan fingerprint density at radius 1 is 1.05 bits per heavy atom. The molecule has 0 spiro atoms. The Balaban J connectivity index is 2.22. The van der Waals surface area contributed by atoms with Crippen molar-refractivity contribution in [2.75, 3.05) is 5.73 Å². The number of aromatic nitrogens is 1. The van der Waals surface area contributed by atoms with Crippen molar-refractivity contribution in [3.8, 4) is 11.5 Å². The SMILES string of the molecule is Cc1cc(Cl)cc2nc(-c3cc(Cl)c(N)c(Cl)c3)oc12. The van der Waals surface area contributed by atoms with Crippen molar-refractivity contribution in [1.29, 1.82) is 0 Å². The maximum atomic E-state index is 6.02. The molecule has 0 aliphatic rings. The van der Waals surface area contributed by atoms with Gasteiger partial charge in [-0.2, -0.15) is 0 Å². The van der Waals surface area contributed by atoms with Crippen molar-refractivity contribution < 1.29 is 4.42 Å². The van der Waals surface area contributed by atoms with Gasteiger partial charge in [-0.15, -0.1) is 0 Å². The summed E-state index contributed by atoms with van der Waals surface area (Å²) in [5.74, 6) is 0.425. The molecule has 0 bridgehead atoms. The zero-order valence-corrected chi connectivity index (χ0v) is 12.6. The molecular formula is C14H9Cl3N2O. The number of anilines is 1. The molecule has 3 rings (SSSR count). The van der Waals surface area contributed by atoms with Gasteiger partial charge in [0.1, 0.15) is 5.52 Å². The number of aryl methyl sites for hydroxylation is 1. The van der Waals surface area contributed by atoms with Crippen LogP contribution in [0.1, 0.15) is 5.56 Å². The van der Waals surface area contributed by atoms with E-state index in [9.17, 15) is 0 Å². The fraction of sp³-hybridized carbons (Fsp3) is 0.0714. The normalized spacial score (nSPS) is 11.2. The molecule has 20 heavy (non-hydrogen) atoms. The minimum atomic E-state index is 0.340. The lowest BCUT2D eigenvalue weighted by Crippen LogP contribution is -1.89. The number of nitrogens with zero attached hydrogens (tertiary/aromatic N) is 1. The van der Waals surface area contributed by atoms with E-state index in [-0.39, 0.29) is 0 Å². The number of halogens is 3. The van der Waals surface area contributed by atoms with Crippen LogP contribution in [-0.4, -0.2) is 4.98 Å². The molecule has 1 aromatic heterocycles. The van der Waals surface area contributed by atoms with Gasteiger partial charge in [0.05, 0.1) is 15.7 Å². The molecule has 0 atom stereocenters. The van der Waals surface area contributed by atoms with Crippen LogP contribution in [0.5, 0.6) is 0 Å². The number of rotatable bonds is 1. The Bertz CT molecular complexity index is 804. The number of hydrogen-bond acceptors (Lipinski definition) is 3. The minimum Gasteiger partial charge on any atom is -0.436 e. The fourth-order valence-corrected chi connectivity index (χ4v) is 2.74. The Kier molecular flexibility index (Phi) is 3.28. The largest absolute Gasteiger partial charge is 0.436 e. The van der Waals surface area contributed by atoms with E-state index in [1.54, 1.807) is 18.2 Å². The highest BCUT2D eigenvalue weighted by atomic mass is 35.5. The van der Waals surface area contributed by atoms with Gasteiger partial charge in [0.15, 0.2) is 5.58 Å². The molecule has 6 heteroatoms. The summed E-state index contributed by atoms with van der Waals surface area (Å²) in [4.78, 5) is 4.41. The number of oxazole rings is 1. The minimum absolute atomic E-state index is 0.340. The highest BCUT2D eigenvalue weighted by Crippen LogP contribution is 2.35. The van der Waals surface area contributed by atoms with Crippen LogP contribution in [0.25, 0.3) is 22.6 Å². The molecule has 0 fully saturated rings. The van der Waals surface area contributed by atoms with Gasteiger partial charge in [-0.25, -0.2) is 4.98 Å². The molecule has 3 nitrogen and oxygen atoms in total. The van der Waals surface area contributed by atoms with Crippen molar-refractivity contribution >= 4 is 51.6 Å². The third-order valence-corrected chi connectivity index (χ3v) is 3.81. The summed E-state index contributed by atoms with van der Waals surface area (Å²) in [5.41, 5.74) is 9.02. The van der Waals surface area contributed by atoms with Gasteiger partial charge in [0, 0.05) is 10.6 Å². The number of fused-ring (bicyclic) bond motifs is 1. The Labute approximate surface area is 130 Å². The van der Waals surface area contributed by atoms with Gasteiger partial charge >= 0.3 is 0 Å². The number of nitrogen functional groups attached to an aromatic ring is 1. The van der Waals surface area contributed by atoms with Crippen molar-refractivity contribution in [3.63, 3.8) is 0 Å². The lowest BCUT2D eigenvalue weighted by Gasteiger charge is -2.03. The smallest absolute Gasteiger partial charge is 0.227 e. The number of benzene rings is 2. The van der Waals surface area contributed by atoms with Gasteiger partial charge in [-0.05, 0) is 36.8 Å². The molecule has 0 radical (unpaired) electrons. The average Bonchev–Trinajstić information content (AvgIpc) is 2.79. The monoisotopic (exact) mass is 326 g/mol. The van der Waals surface area contributed by atoms with Crippen molar-refractivity contribution in [2.45, 2.75) is 6.92 Å². The predicted octanol–water partition coefficient (Wildman–Crippen LogP) is 5.35. The second-order valence-corrected chi connectivity index (χ2v) is 5.69. The summed E-state index contributed by atoms with van der Waals surface area (Å²) in [7, 11) is 0. The molecule has 3 aromatic rings. The molecule has 0 aliphatic carbocycles. The quantitative estimate of drug-likeness (QED) is 0.613. The second kappa shape index (κ2) is 4.85. The standard InChI is InChI=1S/C14H9Cl3N2O/c1-6-2-8(15)5-11-13(6)20-14(19-11)7-3-9(16)12(18)10(17)4-7/h2-5H,18H2,1H3. The van der Waals surface area contributed by atoms with Gasteiger partial charge in [0.2, 0.25) is 5.89 Å². The van der Waals surface area contributed by atoms with Crippen LogP contribution in [0.2, 0.25) is 15.1 Å². The van der Waals surface area contributed by atoms with Crippen molar-refractivity contribution in [2.24, 2.45) is 0 Å². The highest BCUT2D eigenvalue weighted by molar-refractivity contribution is 6.39. The van der Waals surface area contributed by atoms with E-state index in [1.807, 2.05) is 13.0 Å². The molecule has 2 N–H and O–H groups in total. The first-order valence-electron chi connectivity index (χ1n) is 5.77. The maximum absolute atomic E-state index is 6.02. The van der Waals surface area contributed by atoms with E-state index in [2.05, 4.69) is 4.98 Å². The average molecular weight is 328 g/mol. The van der Waals surface area contributed by atoms with E-state index in [1.165, 1.54) is 0 Å². The molecule has 0 amide bonds. The summed E-state index contributed by atoms with van der Waals surface area (Å²) in [5, 5.41) is 1.34. The van der Waals surface area contributed by atoms with E-state index in [4.69, 9.17) is 45.0 Å². The van der Waals surface area contributed by atoms with Crippen LogP contribution in [0.15, 0.2) is 28.7 Å². The van der Waals surface area contributed by atoms with Crippen LogP contribution < -0.4 is 5.73 Å². The van der Waals surface area contributed by atoms with Crippen molar-refractivity contribution in [3.05, 3.63) is 44.9 Å². The summed E-state index contributed by atoms with van der Waals surface area (Å²) >= 11 is 18.1. The molecule has 102 valence electrons. The fourth-order valence-electron chi connectivity index (χ4n) is 1.99. The number of hydrogen-bond donors (Lipinski definition) is 1. The van der Waals surface area contributed by atoms with Crippen LogP contribution in [0, 0.1) is 6.92 Å². The van der Waals surface area contributed by atoms with Crippen LogP contribution in [0.4, 0.5) is 5.69 Å². The van der Waals surface area contributed by atoms with Crippen LogP contribution in [0.3, 0.4) is 0 Å². The summed E-state index contributed by atoms with van der Waals surface area (Å²) < 4.78 is 5.76. The Morgan fingerprint density at radius 2 is 1.70 bits per heavy atom. The van der Waals surface area contributed by atoms with E-state index < -0.39 is 0 Å². The number of nitrogens with two attached hydrogens (primary N) is 1. The first-order chi connectivity index (χ1) is 9.45. The molecule has 0 saturated carbocycles.